The Bertz CT molecular complexity index is 1340. The van der Waals surface area contributed by atoms with Gasteiger partial charge in [0.1, 0.15) is 6.10 Å². The molecule has 0 spiro atoms. The molecule has 0 aliphatic carbocycles. The van der Waals surface area contributed by atoms with Gasteiger partial charge in [0.05, 0.1) is 33.9 Å². The lowest BCUT2D eigenvalue weighted by molar-refractivity contribution is 0.0343. The Balaban J connectivity index is 1.63. The average Bonchev–Trinajstić information content (AvgIpc) is 2.93. The predicted octanol–water partition coefficient (Wildman–Crippen LogP) is 5.99. The molecular weight excluding hydrogens is 551 g/mol. The van der Waals surface area contributed by atoms with Gasteiger partial charge in [0.15, 0.2) is 5.75 Å². The molecule has 0 radical (unpaired) electrons. The Labute approximate surface area is 244 Å². The quantitative estimate of drug-likeness (QED) is 0.302. The number of amides is 3. The summed E-state index contributed by atoms with van der Waals surface area (Å²) < 4.78 is 6.57. The van der Waals surface area contributed by atoms with Crippen LogP contribution in [-0.2, 0) is 6.54 Å². The van der Waals surface area contributed by atoms with Gasteiger partial charge in [0.25, 0.3) is 5.91 Å². The Morgan fingerprint density at radius 3 is 2.55 bits per heavy atom. The Hall–Kier alpha value is -3.30. The van der Waals surface area contributed by atoms with Crippen molar-refractivity contribution in [3.63, 3.8) is 0 Å². The number of rotatable bonds is 8. The topological polar surface area (TPSA) is 94.1 Å². The highest BCUT2D eigenvalue weighted by molar-refractivity contribution is 6.42. The van der Waals surface area contributed by atoms with Crippen molar-refractivity contribution < 1.29 is 19.4 Å². The van der Waals surface area contributed by atoms with Gasteiger partial charge in [0, 0.05) is 31.2 Å². The first-order valence-electron chi connectivity index (χ1n) is 13.1. The van der Waals surface area contributed by atoms with Gasteiger partial charge in [-0.25, -0.2) is 4.79 Å². The van der Waals surface area contributed by atoms with Gasteiger partial charge in [-0.05, 0) is 55.9 Å². The zero-order valence-electron chi connectivity index (χ0n) is 22.7. The number of anilines is 2. The molecule has 40 heavy (non-hydrogen) atoms. The molecule has 0 aromatic heterocycles. The number of halogens is 2. The highest BCUT2D eigenvalue weighted by Gasteiger charge is 2.34. The lowest BCUT2D eigenvalue weighted by Crippen LogP contribution is -2.49. The van der Waals surface area contributed by atoms with Crippen LogP contribution in [0, 0.1) is 5.92 Å². The van der Waals surface area contributed by atoms with E-state index < -0.39 is 12.1 Å². The molecule has 3 amide bonds. The van der Waals surface area contributed by atoms with Crippen LogP contribution in [0.3, 0.4) is 0 Å². The molecule has 3 aromatic carbocycles. The normalized spacial score (nSPS) is 17.9. The average molecular weight is 586 g/mol. The van der Waals surface area contributed by atoms with Crippen LogP contribution in [0.15, 0.2) is 66.7 Å². The van der Waals surface area contributed by atoms with Crippen LogP contribution >= 0.6 is 23.2 Å². The summed E-state index contributed by atoms with van der Waals surface area (Å²) in [5.41, 5.74) is 2.33. The molecule has 3 N–H and O–H groups in total. The van der Waals surface area contributed by atoms with E-state index in [1.807, 2.05) is 51.2 Å². The number of nitrogens with zero attached hydrogens (tertiary/aromatic N) is 2. The molecule has 1 aliphatic rings. The number of likely N-dealkylation sites (N-methyl/N-ethyl adjacent to an activating group) is 1. The summed E-state index contributed by atoms with van der Waals surface area (Å²) in [5, 5.41) is 16.6. The lowest BCUT2D eigenvalue weighted by Gasteiger charge is -2.38. The third-order valence-corrected chi connectivity index (χ3v) is 7.64. The van der Waals surface area contributed by atoms with E-state index in [1.54, 1.807) is 41.3 Å². The number of para-hydroxylation sites is 2. The molecule has 212 valence electrons. The number of ether oxygens (including phenoxy) is 1. The smallest absolute Gasteiger partial charge is 0.323 e. The monoisotopic (exact) mass is 584 g/mol. The van der Waals surface area contributed by atoms with Crippen LogP contribution in [0.1, 0.15) is 29.8 Å². The molecular formula is C30H34Cl2N4O4. The summed E-state index contributed by atoms with van der Waals surface area (Å²) in [5.74, 6) is -0.0583. The van der Waals surface area contributed by atoms with E-state index in [2.05, 4.69) is 15.5 Å². The van der Waals surface area contributed by atoms with E-state index in [-0.39, 0.29) is 24.5 Å². The van der Waals surface area contributed by atoms with Crippen molar-refractivity contribution in [2.24, 2.45) is 5.92 Å². The van der Waals surface area contributed by atoms with Gasteiger partial charge in [0.2, 0.25) is 0 Å². The maximum absolute atomic E-state index is 13.7. The van der Waals surface area contributed by atoms with Gasteiger partial charge >= 0.3 is 6.03 Å². The van der Waals surface area contributed by atoms with E-state index in [0.717, 1.165) is 5.56 Å². The molecule has 8 nitrogen and oxygen atoms in total. The number of urea groups is 1. The maximum Gasteiger partial charge on any atom is 0.323 e. The number of carbonyl (C=O) groups is 2. The van der Waals surface area contributed by atoms with Gasteiger partial charge < -0.3 is 25.4 Å². The Kier molecular flexibility index (Phi) is 9.92. The van der Waals surface area contributed by atoms with Crippen LogP contribution in [0.5, 0.6) is 5.75 Å². The summed E-state index contributed by atoms with van der Waals surface area (Å²) in [6.07, 6.45) is -0.340. The van der Waals surface area contributed by atoms with Crippen molar-refractivity contribution in [2.75, 3.05) is 37.4 Å². The number of hydrogen-bond acceptors (Lipinski definition) is 5. The number of hydrogen-bond donors (Lipinski definition) is 3. The van der Waals surface area contributed by atoms with E-state index in [0.29, 0.717) is 52.4 Å². The van der Waals surface area contributed by atoms with Gasteiger partial charge in [-0.1, -0.05) is 60.5 Å². The van der Waals surface area contributed by atoms with Crippen molar-refractivity contribution in [1.29, 1.82) is 0 Å². The zero-order valence-corrected chi connectivity index (χ0v) is 24.2. The lowest BCUT2D eigenvalue weighted by atomic mass is 9.99. The first-order chi connectivity index (χ1) is 19.2. The minimum atomic E-state index is -0.459. The van der Waals surface area contributed by atoms with Crippen LogP contribution in [0.4, 0.5) is 16.2 Å². The second-order valence-electron chi connectivity index (χ2n) is 10.2. The first kappa shape index (κ1) is 29.7. The Morgan fingerprint density at radius 1 is 1.10 bits per heavy atom. The van der Waals surface area contributed by atoms with Gasteiger partial charge in [-0.15, -0.1) is 0 Å². The molecule has 0 saturated carbocycles. The minimum Gasteiger partial charge on any atom is -0.486 e. The van der Waals surface area contributed by atoms with E-state index in [1.165, 1.54) is 0 Å². The second-order valence-corrected chi connectivity index (χ2v) is 11.0. The van der Waals surface area contributed by atoms with Gasteiger partial charge in [-0.2, -0.15) is 0 Å². The number of carbonyl (C=O) groups excluding carboxylic acids is 2. The largest absolute Gasteiger partial charge is 0.486 e. The highest BCUT2D eigenvalue weighted by atomic mass is 35.5. The third-order valence-electron chi connectivity index (χ3n) is 6.90. The number of aliphatic hydroxyl groups is 1. The minimum absolute atomic E-state index is 0.0893. The molecule has 1 aliphatic heterocycles. The van der Waals surface area contributed by atoms with Crippen molar-refractivity contribution in [2.45, 2.75) is 32.5 Å². The molecule has 1 heterocycles. The van der Waals surface area contributed by atoms with Crippen molar-refractivity contribution in [1.82, 2.24) is 9.80 Å². The third kappa shape index (κ3) is 7.26. The van der Waals surface area contributed by atoms with Crippen LogP contribution in [-0.4, -0.2) is 65.7 Å². The van der Waals surface area contributed by atoms with Crippen molar-refractivity contribution in [3.05, 3.63) is 87.9 Å². The fourth-order valence-electron chi connectivity index (χ4n) is 4.69. The zero-order chi connectivity index (χ0) is 28.8. The second kappa shape index (κ2) is 13.4. The molecule has 0 saturated heterocycles. The van der Waals surface area contributed by atoms with Gasteiger partial charge in [-0.3, -0.25) is 9.69 Å². The van der Waals surface area contributed by atoms with Crippen LogP contribution < -0.4 is 15.4 Å². The molecule has 0 fully saturated rings. The first-order valence-corrected chi connectivity index (χ1v) is 13.9. The van der Waals surface area contributed by atoms with Crippen molar-refractivity contribution >= 4 is 46.5 Å². The summed E-state index contributed by atoms with van der Waals surface area (Å²) in [6.45, 7) is 5.19. The molecule has 0 bridgehead atoms. The molecule has 4 rings (SSSR count). The van der Waals surface area contributed by atoms with Crippen LogP contribution in [0.2, 0.25) is 10.0 Å². The van der Waals surface area contributed by atoms with E-state index in [4.69, 9.17) is 27.9 Å². The number of fused-ring (bicyclic) bond motifs is 1. The molecule has 3 aromatic rings. The molecule has 0 unspecified atom stereocenters. The van der Waals surface area contributed by atoms with E-state index in [9.17, 15) is 14.7 Å². The van der Waals surface area contributed by atoms with Crippen LogP contribution in [0.25, 0.3) is 0 Å². The number of aliphatic hydroxyl groups excluding tert-OH is 1. The molecule has 3 atom stereocenters. The standard InChI is InChI=1S/C30H34Cl2N4O4/c1-19-15-36(20(2)18-37)29(38)23-10-7-11-26(34-30(39)33-22-8-5-4-6-9-22)28(23)40-27(19)17-35(3)16-21-12-13-24(31)25(32)14-21/h4-14,19-20,27,37H,15-18H2,1-3H3,(H2,33,34,39)/t19-,20+,27-/m1/s1. The Morgan fingerprint density at radius 2 is 1.85 bits per heavy atom. The highest BCUT2D eigenvalue weighted by Crippen LogP contribution is 2.35. The summed E-state index contributed by atoms with van der Waals surface area (Å²) in [7, 11) is 1.98. The predicted molar refractivity (Wildman–Crippen MR) is 159 cm³/mol. The van der Waals surface area contributed by atoms with E-state index >= 15 is 0 Å². The fraction of sp³-hybridized carbons (Fsp3) is 0.333. The fourth-order valence-corrected chi connectivity index (χ4v) is 5.01. The number of nitrogens with one attached hydrogen (secondary N) is 2. The number of benzene rings is 3. The maximum atomic E-state index is 13.7. The SMILES string of the molecule is C[C@@H]1CN([C@@H](C)CO)C(=O)c2cccc(NC(=O)Nc3ccccc3)c2O[C@@H]1CN(C)Cc1ccc(Cl)c(Cl)c1. The summed E-state index contributed by atoms with van der Waals surface area (Å²) in [6, 6.07) is 18.9. The molecule has 10 heteroatoms. The van der Waals surface area contributed by atoms with Crippen molar-refractivity contribution in [3.8, 4) is 5.75 Å². The summed E-state index contributed by atoms with van der Waals surface area (Å²) >= 11 is 12.3. The summed E-state index contributed by atoms with van der Waals surface area (Å²) in [4.78, 5) is 30.3.